The second-order valence-electron chi connectivity index (χ2n) is 4.30. The summed E-state index contributed by atoms with van der Waals surface area (Å²) in [7, 11) is 0. The summed E-state index contributed by atoms with van der Waals surface area (Å²) in [5.41, 5.74) is 0.135. The van der Waals surface area contributed by atoms with Gasteiger partial charge in [0.25, 0.3) is 5.56 Å². The van der Waals surface area contributed by atoms with Crippen molar-refractivity contribution in [1.82, 2.24) is 9.78 Å². The summed E-state index contributed by atoms with van der Waals surface area (Å²) in [5, 5.41) is 13.6. The minimum atomic E-state index is -0.880. The van der Waals surface area contributed by atoms with Crippen LogP contribution in [0.3, 0.4) is 0 Å². The van der Waals surface area contributed by atoms with Crippen molar-refractivity contribution in [2.24, 2.45) is 0 Å². The van der Waals surface area contributed by atoms with Gasteiger partial charge in [0, 0.05) is 17.8 Å². The van der Waals surface area contributed by atoms with Gasteiger partial charge in [-0.05, 0) is 12.1 Å². The summed E-state index contributed by atoms with van der Waals surface area (Å²) < 4.78 is 19.7. The molecule has 1 atom stereocenters. The highest BCUT2D eigenvalue weighted by Gasteiger charge is 2.08. The van der Waals surface area contributed by atoms with E-state index in [2.05, 4.69) is 5.10 Å². The Bertz CT molecular complexity index is 615. The van der Waals surface area contributed by atoms with Gasteiger partial charge >= 0.3 is 0 Å². The van der Waals surface area contributed by atoms with Gasteiger partial charge in [0.05, 0.1) is 25.9 Å². The molecule has 0 fully saturated rings. The summed E-state index contributed by atoms with van der Waals surface area (Å²) in [6.07, 6.45) is 0.586. The molecule has 1 aromatic carbocycles. The first-order valence-corrected chi connectivity index (χ1v) is 6.18. The Balaban J connectivity index is 1.81. The maximum atomic E-state index is 13.3. The number of hydrogen-bond acceptors (Lipinski definition) is 4. The molecule has 0 saturated heterocycles. The highest BCUT2D eigenvalue weighted by atomic mass is 19.1. The van der Waals surface area contributed by atoms with Gasteiger partial charge in [-0.3, -0.25) is 4.79 Å². The normalized spacial score (nSPS) is 12.3. The third-order valence-electron chi connectivity index (χ3n) is 2.69. The molecule has 1 aromatic heterocycles. The molecule has 0 saturated carbocycles. The summed E-state index contributed by atoms with van der Waals surface area (Å²) >= 11 is 0. The van der Waals surface area contributed by atoms with Crippen LogP contribution >= 0.6 is 0 Å². The number of rotatable bonds is 6. The van der Waals surface area contributed by atoms with Gasteiger partial charge in [0.2, 0.25) is 0 Å². The van der Waals surface area contributed by atoms with Gasteiger partial charge in [0.15, 0.2) is 0 Å². The van der Waals surface area contributed by atoms with Gasteiger partial charge in [-0.25, -0.2) is 9.07 Å². The van der Waals surface area contributed by atoms with E-state index in [-0.39, 0.29) is 31.1 Å². The van der Waals surface area contributed by atoms with Gasteiger partial charge in [0.1, 0.15) is 5.82 Å². The molecule has 0 spiro atoms. The number of aromatic nitrogens is 2. The van der Waals surface area contributed by atoms with E-state index in [1.165, 1.54) is 24.4 Å². The molecule has 0 aliphatic heterocycles. The van der Waals surface area contributed by atoms with Crippen LogP contribution in [-0.4, -0.2) is 27.6 Å². The van der Waals surface area contributed by atoms with Crippen LogP contribution in [0.1, 0.15) is 5.56 Å². The number of aliphatic hydroxyl groups is 1. The average molecular weight is 278 g/mol. The van der Waals surface area contributed by atoms with Crippen molar-refractivity contribution in [1.29, 1.82) is 0 Å². The van der Waals surface area contributed by atoms with Crippen LogP contribution in [0.4, 0.5) is 4.39 Å². The predicted octanol–water partition coefficient (Wildman–Crippen LogP) is 0.960. The Morgan fingerprint density at radius 2 is 2.10 bits per heavy atom. The molecule has 5 nitrogen and oxygen atoms in total. The Morgan fingerprint density at radius 3 is 2.85 bits per heavy atom. The number of hydrogen-bond donors (Lipinski definition) is 1. The first kappa shape index (κ1) is 14.4. The second kappa shape index (κ2) is 6.93. The topological polar surface area (TPSA) is 64.4 Å². The summed E-state index contributed by atoms with van der Waals surface area (Å²) in [4.78, 5) is 11.4. The van der Waals surface area contributed by atoms with Crippen LogP contribution in [0.25, 0.3) is 0 Å². The molecule has 20 heavy (non-hydrogen) atoms. The van der Waals surface area contributed by atoms with Gasteiger partial charge in [-0.2, -0.15) is 5.10 Å². The minimum Gasteiger partial charge on any atom is -0.389 e. The average Bonchev–Trinajstić information content (AvgIpc) is 2.43. The second-order valence-corrected chi connectivity index (χ2v) is 4.30. The standard InChI is InChI=1S/C14H15FN2O3/c15-13-5-2-1-4-11(13)9-20-10-12(18)8-17-14(19)6-3-7-16-17/h1-7,12,18H,8-10H2/t12-/m0/s1. The maximum absolute atomic E-state index is 13.3. The molecule has 0 aliphatic carbocycles. The van der Waals surface area contributed by atoms with Crippen molar-refractivity contribution in [2.45, 2.75) is 19.3 Å². The van der Waals surface area contributed by atoms with Crippen LogP contribution in [0, 0.1) is 5.82 Å². The molecule has 1 heterocycles. The van der Waals surface area contributed by atoms with E-state index < -0.39 is 6.10 Å². The molecule has 106 valence electrons. The van der Waals surface area contributed by atoms with Crippen LogP contribution in [0.15, 0.2) is 47.4 Å². The molecule has 0 radical (unpaired) electrons. The molecule has 2 aromatic rings. The molecule has 0 bridgehead atoms. The molecule has 0 amide bonds. The molecule has 0 aliphatic rings. The number of aliphatic hydroxyl groups excluding tert-OH is 1. The fourth-order valence-electron chi connectivity index (χ4n) is 1.70. The van der Waals surface area contributed by atoms with Crippen molar-refractivity contribution in [3.05, 3.63) is 64.3 Å². The van der Waals surface area contributed by atoms with E-state index in [0.29, 0.717) is 5.56 Å². The Kier molecular flexibility index (Phi) is 4.97. The summed E-state index contributed by atoms with van der Waals surface area (Å²) in [6, 6.07) is 9.17. The van der Waals surface area contributed by atoms with E-state index in [1.807, 2.05) is 0 Å². The van der Waals surface area contributed by atoms with Crippen LogP contribution in [-0.2, 0) is 17.9 Å². The minimum absolute atomic E-state index is 0.00263. The summed E-state index contributed by atoms with van der Waals surface area (Å²) in [5.74, 6) is -0.345. The van der Waals surface area contributed by atoms with Crippen molar-refractivity contribution in [3.8, 4) is 0 Å². The van der Waals surface area contributed by atoms with E-state index in [4.69, 9.17) is 4.74 Å². The SMILES string of the molecule is O=c1cccnn1C[C@H](O)COCc1ccccc1F. The quantitative estimate of drug-likeness (QED) is 0.855. The van der Waals surface area contributed by atoms with Crippen molar-refractivity contribution >= 4 is 0 Å². The lowest BCUT2D eigenvalue weighted by Crippen LogP contribution is -2.30. The van der Waals surface area contributed by atoms with Crippen molar-refractivity contribution in [2.75, 3.05) is 6.61 Å². The number of ether oxygens (including phenoxy) is 1. The number of benzene rings is 1. The number of nitrogens with zero attached hydrogens (tertiary/aromatic N) is 2. The maximum Gasteiger partial charge on any atom is 0.266 e. The largest absolute Gasteiger partial charge is 0.389 e. The molecule has 6 heteroatoms. The lowest BCUT2D eigenvalue weighted by Gasteiger charge is -2.12. The van der Waals surface area contributed by atoms with Crippen LogP contribution in [0.5, 0.6) is 0 Å². The van der Waals surface area contributed by atoms with E-state index in [9.17, 15) is 14.3 Å². The van der Waals surface area contributed by atoms with Gasteiger partial charge in [-0.15, -0.1) is 0 Å². The summed E-state index contributed by atoms with van der Waals surface area (Å²) in [6.45, 7) is 0.106. The zero-order valence-electron chi connectivity index (χ0n) is 10.8. The molecule has 1 N–H and O–H groups in total. The van der Waals surface area contributed by atoms with E-state index in [0.717, 1.165) is 4.68 Å². The zero-order valence-corrected chi connectivity index (χ0v) is 10.8. The molecule has 0 unspecified atom stereocenters. The fourth-order valence-corrected chi connectivity index (χ4v) is 1.70. The predicted molar refractivity (Wildman–Crippen MR) is 70.6 cm³/mol. The molecule has 2 rings (SSSR count). The molecular weight excluding hydrogens is 263 g/mol. The highest BCUT2D eigenvalue weighted by Crippen LogP contribution is 2.07. The van der Waals surface area contributed by atoms with Crippen LogP contribution in [0.2, 0.25) is 0 Å². The van der Waals surface area contributed by atoms with Gasteiger partial charge in [-0.1, -0.05) is 18.2 Å². The van der Waals surface area contributed by atoms with Crippen molar-refractivity contribution < 1.29 is 14.2 Å². The smallest absolute Gasteiger partial charge is 0.266 e. The third kappa shape index (κ3) is 3.97. The third-order valence-corrected chi connectivity index (χ3v) is 2.69. The van der Waals surface area contributed by atoms with E-state index in [1.54, 1.807) is 18.2 Å². The Hall–Kier alpha value is -2.05. The number of halogens is 1. The van der Waals surface area contributed by atoms with Crippen molar-refractivity contribution in [3.63, 3.8) is 0 Å². The fraction of sp³-hybridized carbons (Fsp3) is 0.286. The van der Waals surface area contributed by atoms with Gasteiger partial charge < -0.3 is 9.84 Å². The first-order valence-electron chi connectivity index (χ1n) is 6.18. The highest BCUT2D eigenvalue weighted by molar-refractivity contribution is 5.16. The Labute approximate surface area is 115 Å². The van der Waals surface area contributed by atoms with Crippen LogP contribution < -0.4 is 5.56 Å². The monoisotopic (exact) mass is 278 g/mol. The Morgan fingerprint density at radius 1 is 1.30 bits per heavy atom. The zero-order chi connectivity index (χ0) is 14.4. The lowest BCUT2D eigenvalue weighted by atomic mass is 10.2. The van der Waals surface area contributed by atoms with E-state index >= 15 is 0 Å². The molecular formula is C14H15FN2O3. The first-order chi connectivity index (χ1) is 9.66. The lowest BCUT2D eigenvalue weighted by molar-refractivity contribution is 0.0171.